The third-order valence-electron chi connectivity index (χ3n) is 5.12. The molecule has 13 heteroatoms. The Morgan fingerprint density at radius 3 is 2.29 bits per heavy atom. The maximum Gasteiger partial charge on any atom is 0.339 e. The molecule has 0 radical (unpaired) electrons. The summed E-state index contributed by atoms with van der Waals surface area (Å²) in [6, 6.07) is 13.4. The molecule has 0 aliphatic carbocycles. The van der Waals surface area contributed by atoms with Gasteiger partial charge in [0.15, 0.2) is 5.75 Å². The van der Waals surface area contributed by atoms with Gasteiger partial charge < -0.3 is 8.92 Å². The van der Waals surface area contributed by atoms with Crippen LogP contribution < -0.4 is 19.1 Å². The number of urea groups is 1. The number of carbonyl (C=O) groups excluding carboxylic acids is 3. The van der Waals surface area contributed by atoms with Crippen LogP contribution >= 0.6 is 39.1 Å². The van der Waals surface area contributed by atoms with E-state index in [0.29, 0.717) is 5.02 Å². The van der Waals surface area contributed by atoms with E-state index in [9.17, 15) is 22.8 Å². The summed E-state index contributed by atoms with van der Waals surface area (Å²) in [6.07, 6.45) is 1.21. The van der Waals surface area contributed by atoms with Crippen LogP contribution in [0.2, 0.25) is 10.0 Å². The first-order chi connectivity index (χ1) is 18.0. The number of nitrogens with one attached hydrogen (secondary N) is 1. The van der Waals surface area contributed by atoms with Crippen molar-refractivity contribution in [1.82, 2.24) is 5.32 Å². The summed E-state index contributed by atoms with van der Waals surface area (Å²) in [5.41, 5.74) is 0.116. The van der Waals surface area contributed by atoms with Crippen molar-refractivity contribution in [2.24, 2.45) is 0 Å². The van der Waals surface area contributed by atoms with Gasteiger partial charge >= 0.3 is 16.1 Å². The highest BCUT2D eigenvalue weighted by atomic mass is 79.9. The average molecular weight is 640 g/mol. The predicted molar refractivity (Wildman–Crippen MR) is 145 cm³/mol. The molecule has 1 aliphatic heterocycles. The summed E-state index contributed by atoms with van der Waals surface area (Å²) >= 11 is 15.5. The minimum Gasteiger partial charge on any atom is -0.490 e. The number of anilines is 1. The van der Waals surface area contributed by atoms with Gasteiger partial charge in [-0.15, -0.1) is 0 Å². The van der Waals surface area contributed by atoms with E-state index >= 15 is 0 Å². The molecule has 0 atom stereocenters. The second-order valence-electron chi connectivity index (χ2n) is 7.69. The molecule has 1 heterocycles. The summed E-state index contributed by atoms with van der Waals surface area (Å²) in [6.45, 7) is 1.79. The lowest BCUT2D eigenvalue weighted by Crippen LogP contribution is -2.54. The summed E-state index contributed by atoms with van der Waals surface area (Å²) < 4.78 is 37.2. The standard InChI is InChI=1S/C25H17BrCl2N2O7S/c1-2-36-21-13-14(12-20(28)22(21)37-38(34,35)18-9-5-16(27)6-10-18)11-19-23(31)29-25(33)30(24(19)32)17-7-3-15(26)4-8-17/h3-13H,2H2,1H3,(H,29,31,33)/b19-11+. The van der Waals surface area contributed by atoms with Gasteiger partial charge in [0, 0.05) is 9.50 Å². The molecule has 1 aliphatic rings. The highest BCUT2D eigenvalue weighted by Gasteiger charge is 2.37. The largest absolute Gasteiger partial charge is 0.490 e. The summed E-state index contributed by atoms with van der Waals surface area (Å²) in [4.78, 5) is 38.8. The van der Waals surface area contributed by atoms with Crippen molar-refractivity contribution < 1.29 is 31.7 Å². The molecule has 3 aromatic rings. The Hall–Kier alpha value is -3.38. The van der Waals surface area contributed by atoms with E-state index in [2.05, 4.69) is 21.2 Å². The molecule has 0 spiro atoms. The van der Waals surface area contributed by atoms with Gasteiger partial charge in [-0.05, 0) is 79.2 Å². The van der Waals surface area contributed by atoms with E-state index in [-0.39, 0.29) is 44.8 Å². The van der Waals surface area contributed by atoms with Crippen molar-refractivity contribution in [3.05, 3.63) is 86.3 Å². The molecular weight excluding hydrogens is 623 g/mol. The fourth-order valence-corrected chi connectivity index (χ4v) is 5.07. The first kappa shape index (κ1) is 27.6. The van der Waals surface area contributed by atoms with Crippen LogP contribution in [0.4, 0.5) is 10.5 Å². The van der Waals surface area contributed by atoms with Gasteiger partial charge in [-0.1, -0.05) is 39.1 Å². The van der Waals surface area contributed by atoms with E-state index < -0.39 is 28.0 Å². The lowest BCUT2D eigenvalue weighted by molar-refractivity contribution is -0.122. The normalized spacial score (nSPS) is 15.0. The third-order valence-corrected chi connectivity index (χ3v) is 7.42. The van der Waals surface area contributed by atoms with Crippen molar-refractivity contribution in [2.45, 2.75) is 11.8 Å². The quantitative estimate of drug-likeness (QED) is 0.203. The maximum atomic E-state index is 13.2. The number of barbiturate groups is 1. The zero-order valence-corrected chi connectivity index (χ0v) is 23.3. The van der Waals surface area contributed by atoms with Crippen molar-refractivity contribution in [1.29, 1.82) is 0 Å². The van der Waals surface area contributed by atoms with E-state index in [0.717, 1.165) is 9.37 Å². The van der Waals surface area contributed by atoms with Crippen LogP contribution in [0.25, 0.3) is 6.08 Å². The van der Waals surface area contributed by atoms with E-state index in [1.54, 1.807) is 19.1 Å². The van der Waals surface area contributed by atoms with Gasteiger partial charge in [0.05, 0.1) is 17.3 Å². The number of halogens is 3. The summed E-state index contributed by atoms with van der Waals surface area (Å²) in [5.74, 6) is -2.10. The molecule has 38 heavy (non-hydrogen) atoms. The summed E-state index contributed by atoms with van der Waals surface area (Å²) in [7, 11) is -4.30. The highest BCUT2D eigenvalue weighted by Crippen LogP contribution is 2.39. The molecule has 1 N–H and O–H groups in total. The minimum atomic E-state index is -4.30. The number of imide groups is 2. The molecule has 0 aromatic heterocycles. The lowest BCUT2D eigenvalue weighted by Gasteiger charge is -2.26. The van der Waals surface area contributed by atoms with Crippen LogP contribution in [0.1, 0.15) is 12.5 Å². The first-order valence-electron chi connectivity index (χ1n) is 10.8. The molecule has 1 saturated heterocycles. The Morgan fingerprint density at radius 1 is 1.00 bits per heavy atom. The number of nitrogens with zero attached hydrogens (tertiary/aromatic N) is 1. The van der Waals surface area contributed by atoms with Crippen LogP contribution in [0.15, 0.2) is 75.6 Å². The molecule has 4 amide bonds. The number of amides is 4. The molecule has 9 nitrogen and oxygen atoms in total. The smallest absolute Gasteiger partial charge is 0.339 e. The lowest BCUT2D eigenvalue weighted by atomic mass is 10.1. The number of benzene rings is 3. The van der Waals surface area contributed by atoms with E-state index in [4.69, 9.17) is 32.1 Å². The number of hydrogen-bond donors (Lipinski definition) is 1. The summed E-state index contributed by atoms with van der Waals surface area (Å²) in [5, 5.41) is 2.31. The van der Waals surface area contributed by atoms with Crippen LogP contribution in [0, 0.1) is 0 Å². The highest BCUT2D eigenvalue weighted by molar-refractivity contribution is 9.10. The molecule has 4 rings (SSSR count). The molecular formula is C25H17BrCl2N2O7S. The minimum absolute atomic E-state index is 0.0473. The third kappa shape index (κ3) is 5.86. The first-order valence-corrected chi connectivity index (χ1v) is 13.8. The Bertz CT molecular complexity index is 1570. The van der Waals surface area contributed by atoms with E-state index in [1.165, 1.54) is 54.6 Å². The van der Waals surface area contributed by atoms with Crippen molar-refractivity contribution in [3.63, 3.8) is 0 Å². The monoisotopic (exact) mass is 638 g/mol. The van der Waals surface area contributed by atoms with Crippen molar-refractivity contribution in [3.8, 4) is 11.5 Å². The molecule has 0 saturated carbocycles. The van der Waals surface area contributed by atoms with Crippen LogP contribution in [-0.4, -0.2) is 32.9 Å². The zero-order chi connectivity index (χ0) is 27.6. The second kappa shape index (κ2) is 11.2. The number of hydrogen-bond acceptors (Lipinski definition) is 7. The number of carbonyl (C=O) groups is 3. The van der Waals surface area contributed by atoms with Gasteiger partial charge in [0.25, 0.3) is 11.8 Å². The van der Waals surface area contributed by atoms with Gasteiger partial charge in [0.2, 0.25) is 5.75 Å². The van der Waals surface area contributed by atoms with Gasteiger partial charge in [-0.2, -0.15) is 8.42 Å². The second-order valence-corrected chi connectivity index (χ2v) is 11.0. The van der Waals surface area contributed by atoms with Crippen molar-refractivity contribution >= 4 is 78.9 Å². The Balaban J connectivity index is 1.72. The Kier molecular flexibility index (Phi) is 8.12. The fraction of sp³-hybridized carbons (Fsp3) is 0.0800. The van der Waals surface area contributed by atoms with Crippen molar-refractivity contribution in [2.75, 3.05) is 11.5 Å². The SMILES string of the molecule is CCOc1cc(/C=C2\C(=O)NC(=O)N(c3ccc(Br)cc3)C2=O)cc(Cl)c1OS(=O)(=O)c1ccc(Cl)cc1. The molecule has 196 valence electrons. The fourth-order valence-electron chi connectivity index (χ4n) is 3.42. The van der Waals surface area contributed by atoms with Crippen LogP contribution in [0.3, 0.4) is 0 Å². The topological polar surface area (TPSA) is 119 Å². The molecule has 3 aromatic carbocycles. The van der Waals surface area contributed by atoms with E-state index in [1.807, 2.05) is 0 Å². The van der Waals surface area contributed by atoms with Crippen LogP contribution in [-0.2, 0) is 19.7 Å². The Labute approximate surface area is 236 Å². The molecule has 0 unspecified atom stereocenters. The number of rotatable bonds is 7. The van der Waals surface area contributed by atoms with Gasteiger partial charge in [0.1, 0.15) is 10.5 Å². The molecule has 0 bridgehead atoms. The van der Waals surface area contributed by atoms with Gasteiger partial charge in [-0.25, -0.2) is 9.69 Å². The van der Waals surface area contributed by atoms with Gasteiger partial charge in [-0.3, -0.25) is 14.9 Å². The molecule has 1 fully saturated rings. The Morgan fingerprint density at radius 2 is 1.66 bits per heavy atom. The zero-order valence-electron chi connectivity index (χ0n) is 19.4. The maximum absolute atomic E-state index is 13.2. The number of ether oxygens (including phenoxy) is 1. The van der Waals surface area contributed by atoms with Crippen LogP contribution in [0.5, 0.6) is 11.5 Å². The predicted octanol–water partition coefficient (Wildman–Crippen LogP) is 5.59. The average Bonchev–Trinajstić information content (AvgIpc) is 2.85.